The highest BCUT2D eigenvalue weighted by molar-refractivity contribution is 7.92. The highest BCUT2D eigenvalue weighted by atomic mass is 32.2. The smallest absolute Gasteiger partial charge is 0.414 e. The number of unbranched alkanes of at least 4 members (excludes halogenated alkanes) is 2. The fourth-order valence-corrected chi connectivity index (χ4v) is 3.89. The van der Waals surface area contributed by atoms with Crippen LogP contribution in [0.2, 0.25) is 0 Å². The molecule has 0 radical (unpaired) electrons. The third kappa shape index (κ3) is 5.50. The first kappa shape index (κ1) is 23.7. The van der Waals surface area contributed by atoms with Gasteiger partial charge >= 0.3 is 6.09 Å². The molecule has 1 saturated heterocycles. The number of rotatable bonds is 8. The fourth-order valence-electron chi connectivity index (χ4n) is 3.02. The molecule has 1 heterocycles. The van der Waals surface area contributed by atoms with E-state index in [2.05, 4.69) is 11.8 Å². The fraction of sp³-hybridized carbons (Fsp3) is 0.500. The summed E-state index contributed by atoms with van der Waals surface area (Å²) in [5.74, 6) is 4.94. The van der Waals surface area contributed by atoms with Gasteiger partial charge in [-0.05, 0) is 44.0 Å². The first-order valence-corrected chi connectivity index (χ1v) is 11.3. The number of cyclic esters (lactones) is 1. The zero-order chi connectivity index (χ0) is 22.4. The number of hydroxylamine groups is 1. The lowest BCUT2D eigenvalue weighted by atomic mass is 10.0. The van der Waals surface area contributed by atoms with E-state index in [1.54, 1.807) is 24.3 Å². The molecule has 1 fully saturated rings. The number of ether oxygens (including phenoxy) is 1. The molecule has 0 aromatic heterocycles. The van der Waals surface area contributed by atoms with E-state index in [-0.39, 0.29) is 19.6 Å². The van der Waals surface area contributed by atoms with Crippen LogP contribution in [0.4, 0.5) is 10.5 Å². The van der Waals surface area contributed by atoms with Gasteiger partial charge in [-0.1, -0.05) is 11.8 Å². The SMILES string of the molecule is CC(CC1CN(c2ccc(C#CCCCCO)cc2)C(=O)O1)(C(=O)NO)S(C)(=O)=O. The minimum atomic E-state index is -3.89. The second kappa shape index (κ2) is 9.93. The summed E-state index contributed by atoms with van der Waals surface area (Å²) < 4.78 is 27.5. The van der Waals surface area contributed by atoms with E-state index in [1.807, 2.05) is 0 Å². The first-order valence-electron chi connectivity index (χ1n) is 9.44. The number of sulfone groups is 1. The number of hydrogen-bond donors (Lipinski definition) is 3. The van der Waals surface area contributed by atoms with Crippen LogP contribution in [-0.4, -0.2) is 61.0 Å². The summed E-state index contributed by atoms with van der Waals surface area (Å²) in [6, 6.07) is 6.93. The Morgan fingerprint density at radius 1 is 1.33 bits per heavy atom. The van der Waals surface area contributed by atoms with E-state index in [0.29, 0.717) is 18.5 Å². The molecule has 1 aliphatic rings. The zero-order valence-electron chi connectivity index (χ0n) is 16.9. The first-order chi connectivity index (χ1) is 14.1. The number of nitrogens with one attached hydrogen (secondary N) is 1. The predicted octanol–water partition coefficient (Wildman–Crippen LogP) is 1.22. The molecule has 10 heteroatoms. The Kier molecular flexibility index (Phi) is 7.83. The number of aliphatic hydroxyl groups excluding tert-OH is 1. The second-order valence-electron chi connectivity index (χ2n) is 7.29. The number of carbonyl (C=O) groups excluding carboxylic acids is 2. The van der Waals surface area contributed by atoms with Crippen LogP contribution in [0, 0.1) is 11.8 Å². The quantitative estimate of drug-likeness (QED) is 0.241. The summed E-state index contributed by atoms with van der Waals surface area (Å²) in [6.45, 7) is 1.39. The van der Waals surface area contributed by atoms with Crippen molar-refractivity contribution in [2.45, 2.75) is 43.5 Å². The molecule has 164 valence electrons. The lowest BCUT2D eigenvalue weighted by Gasteiger charge is -2.26. The normalized spacial score (nSPS) is 18.2. The molecule has 0 spiro atoms. The maximum atomic E-state index is 12.3. The Hall–Kier alpha value is -2.61. The molecule has 30 heavy (non-hydrogen) atoms. The standard InChI is InChI=1S/C20H26N2O7S/c1-20(18(24)21-26,30(2,27)28)13-17-14-22(19(25)29-17)16-10-8-15(9-11-16)7-5-3-4-6-12-23/h8-11,17,23,26H,3-4,6,12-14H2,1-2H3,(H,21,24). The van der Waals surface area contributed by atoms with E-state index >= 15 is 0 Å². The van der Waals surface area contributed by atoms with E-state index in [4.69, 9.17) is 15.1 Å². The van der Waals surface area contributed by atoms with Crippen LogP contribution < -0.4 is 10.4 Å². The number of hydrogen-bond acceptors (Lipinski definition) is 7. The van der Waals surface area contributed by atoms with E-state index in [0.717, 1.165) is 18.2 Å². The van der Waals surface area contributed by atoms with Crippen molar-refractivity contribution < 1.29 is 33.1 Å². The van der Waals surface area contributed by atoms with Gasteiger partial charge in [0.15, 0.2) is 14.6 Å². The van der Waals surface area contributed by atoms with Crippen molar-refractivity contribution in [3.63, 3.8) is 0 Å². The second-order valence-corrected chi connectivity index (χ2v) is 9.74. The number of amides is 2. The van der Waals surface area contributed by atoms with Crippen molar-refractivity contribution in [2.24, 2.45) is 0 Å². The molecule has 1 aromatic rings. The molecular weight excluding hydrogens is 412 g/mol. The minimum Gasteiger partial charge on any atom is -0.444 e. The van der Waals surface area contributed by atoms with Gasteiger partial charge in [0.1, 0.15) is 6.10 Å². The van der Waals surface area contributed by atoms with Crippen LogP contribution in [0.1, 0.15) is 38.2 Å². The predicted molar refractivity (Wildman–Crippen MR) is 110 cm³/mol. The van der Waals surface area contributed by atoms with Crippen molar-refractivity contribution in [1.82, 2.24) is 5.48 Å². The molecule has 2 amide bonds. The molecule has 3 N–H and O–H groups in total. The Balaban J connectivity index is 2.07. The van der Waals surface area contributed by atoms with Gasteiger partial charge < -0.3 is 9.84 Å². The van der Waals surface area contributed by atoms with Crippen LogP contribution in [-0.2, 0) is 19.4 Å². The molecule has 0 aliphatic carbocycles. The van der Waals surface area contributed by atoms with Gasteiger partial charge in [0.25, 0.3) is 5.91 Å². The van der Waals surface area contributed by atoms with Crippen LogP contribution in [0.3, 0.4) is 0 Å². The van der Waals surface area contributed by atoms with Crippen LogP contribution in [0.25, 0.3) is 0 Å². The number of benzene rings is 1. The molecular formula is C20H26N2O7S. The summed E-state index contributed by atoms with van der Waals surface area (Å²) in [5, 5.41) is 17.7. The third-order valence-electron chi connectivity index (χ3n) is 5.01. The third-order valence-corrected chi connectivity index (χ3v) is 7.00. The van der Waals surface area contributed by atoms with Gasteiger partial charge in [0.05, 0.1) is 6.54 Å². The summed E-state index contributed by atoms with van der Waals surface area (Å²) in [7, 11) is -3.89. The van der Waals surface area contributed by atoms with Gasteiger partial charge in [-0.15, -0.1) is 0 Å². The van der Waals surface area contributed by atoms with Crippen molar-refractivity contribution in [2.75, 3.05) is 24.3 Å². The largest absolute Gasteiger partial charge is 0.444 e. The lowest BCUT2D eigenvalue weighted by Crippen LogP contribution is -2.51. The van der Waals surface area contributed by atoms with Crippen molar-refractivity contribution in [3.05, 3.63) is 29.8 Å². The monoisotopic (exact) mass is 438 g/mol. The summed E-state index contributed by atoms with van der Waals surface area (Å²) in [5.41, 5.74) is 2.71. The zero-order valence-corrected chi connectivity index (χ0v) is 17.7. The molecule has 0 saturated carbocycles. The highest BCUT2D eigenvalue weighted by Crippen LogP contribution is 2.30. The van der Waals surface area contributed by atoms with Gasteiger partial charge in [-0.2, -0.15) is 0 Å². The molecule has 2 unspecified atom stereocenters. The highest BCUT2D eigenvalue weighted by Gasteiger charge is 2.48. The average molecular weight is 439 g/mol. The average Bonchev–Trinajstić information content (AvgIpc) is 3.06. The molecule has 2 atom stereocenters. The molecule has 0 bridgehead atoms. The number of nitrogens with zero attached hydrogens (tertiary/aromatic N) is 1. The van der Waals surface area contributed by atoms with E-state index < -0.39 is 32.7 Å². The van der Waals surface area contributed by atoms with E-state index in [9.17, 15) is 18.0 Å². The van der Waals surface area contributed by atoms with Crippen molar-refractivity contribution in [1.29, 1.82) is 0 Å². The maximum Gasteiger partial charge on any atom is 0.414 e. The van der Waals surface area contributed by atoms with E-state index in [1.165, 1.54) is 17.3 Å². The Bertz CT molecular complexity index is 934. The Morgan fingerprint density at radius 3 is 2.57 bits per heavy atom. The topological polar surface area (TPSA) is 133 Å². The maximum absolute atomic E-state index is 12.3. The van der Waals surface area contributed by atoms with Crippen molar-refractivity contribution in [3.8, 4) is 11.8 Å². The molecule has 9 nitrogen and oxygen atoms in total. The van der Waals surface area contributed by atoms with Crippen LogP contribution in [0.15, 0.2) is 24.3 Å². The molecule has 1 aliphatic heterocycles. The van der Waals surface area contributed by atoms with Gasteiger partial charge in [-0.3, -0.25) is 14.9 Å². The molecule has 2 rings (SSSR count). The number of aliphatic hydroxyl groups is 1. The Labute approximate surface area is 175 Å². The van der Waals surface area contributed by atoms with Crippen molar-refractivity contribution >= 4 is 27.5 Å². The Morgan fingerprint density at radius 2 is 2.00 bits per heavy atom. The minimum absolute atomic E-state index is 0.0643. The summed E-state index contributed by atoms with van der Waals surface area (Å²) >= 11 is 0. The summed E-state index contributed by atoms with van der Waals surface area (Å²) in [4.78, 5) is 25.6. The number of carbonyl (C=O) groups is 2. The van der Waals surface area contributed by atoms with Crippen LogP contribution in [0.5, 0.6) is 0 Å². The van der Waals surface area contributed by atoms with Gasteiger partial charge in [0, 0.05) is 37.0 Å². The van der Waals surface area contributed by atoms with Gasteiger partial charge in [-0.25, -0.2) is 18.7 Å². The summed E-state index contributed by atoms with van der Waals surface area (Å²) in [6.07, 6.45) is 1.32. The van der Waals surface area contributed by atoms with Crippen LogP contribution >= 0.6 is 0 Å². The lowest BCUT2D eigenvalue weighted by molar-refractivity contribution is -0.132. The van der Waals surface area contributed by atoms with Gasteiger partial charge in [0.2, 0.25) is 0 Å². The number of anilines is 1. The molecule has 1 aromatic carbocycles.